The van der Waals surface area contributed by atoms with Crippen LogP contribution < -0.4 is 5.73 Å². The Morgan fingerprint density at radius 3 is 2.50 bits per heavy atom. The number of nitrogens with zero attached hydrogens (tertiary/aromatic N) is 1. The number of hydrogen-bond acceptors (Lipinski definition) is 5. The van der Waals surface area contributed by atoms with Crippen LogP contribution in [0.1, 0.15) is 16.1 Å². The highest BCUT2D eigenvalue weighted by Crippen LogP contribution is 2.32. The van der Waals surface area contributed by atoms with Crippen molar-refractivity contribution < 1.29 is 14.1 Å². The van der Waals surface area contributed by atoms with Crippen LogP contribution >= 0.6 is 11.6 Å². The molecule has 110 valence electrons. The molecule has 0 aliphatic carbocycles. The number of nitro groups is 1. The maximum Gasteiger partial charge on any atom is 0.273 e. The Kier molecular flexibility index (Phi) is 3.30. The van der Waals surface area contributed by atoms with Crippen molar-refractivity contribution in [2.45, 2.75) is 0 Å². The molecule has 0 atom stereocenters. The van der Waals surface area contributed by atoms with Crippen LogP contribution in [-0.2, 0) is 0 Å². The number of hydrogen-bond donors (Lipinski definition) is 1. The lowest BCUT2D eigenvalue weighted by molar-refractivity contribution is -0.384. The van der Waals surface area contributed by atoms with Gasteiger partial charge in [0.1, 0.15) is 5.58 Å². The lowest BCUT2D eigenvalue weighted by atomic mass is 10.1. The van der Waals surface area contributed by atoms with E-state index in [9.17, 15) is 14.9 Å². The molecule has 2 aromatic carbocycles. The van der Waals surface area contributed by atoms with Gasteiger partial charge >= 0.3 is 0 Å². The molecule has 0 fully saturated rings. The average molecular weight is 317 g/mol. The quantitative estimate of drug-likeness (QED) is 0.450. The van der Waals surface area contributed by atoms with Gasteiger partial charge in [0.2, 0.25) is 5.78 Å². The number of nitro benzene ring substituents is 1. The fourth-order valence-electron chi connectivity index (χ4n) is 2.12. The van der Waals surface area contributed by atoms with Gasteiger partial charge in [-0.3, -0.25) is 14.9 Å². The van der Waals surface area contributed by atoms with E-state index in [1.807, 2.05) is 0 Å². The number of anilines is 1. The van der Waals surface area contributed by atoms with E-state index < -0.39 is 10.7 Å². The highest BCUT2D eigenvalue weighted by molar-refractivity contribution is 6.30. The average Bonchev–Trinajstić information content (AvgIpc) is 2.84. The van der Waals surface area contributed by atoms with Crippen LogP contribution in [0.3, 0.4) is 0 Å². The highest BCUT2D eigenvalue weighted by Gasteiger charge is 2.21. The largest absolute Gasteiger partial charge is 0.450 e. The van der Waals surface area contributed by atoms with Crippen molar-refractivity contribution in [2.75, 3.05) is 5.73 Å². The maximum absolute atomic E-state index is 12.4. The normalized spacial score (nSPS) is 10.8. The summed E-state index contributed by atoms with van der Waals surface area (Å²) in [5, 5.41) is 11.7. The second-order valence-electron chi connectivity index (χ2n) is 4.62. The molecule has 22 heavy (non-hydrogen) atoms. The molecule has 0 saturated carbocycles. The molecule has 3 aromatic rings. The van der Waals surface area contributed by atoms with Crippen LogP contribution in [0.15, 0.2) is 46.9 Å². The predicted octanol–water partition coefficient (Wildman–Crippen LogP) is 3.81. The Balaban J connectivity index is 2.10. The number of non-ortho nitro benzene ring substituents is 1. The van der Waals surface area contributed by atoms with Gasteiger partial charge in [-0.05, 0) is 30.3 Å². The first-order valence-corrected chi connectivity index (χ1v) is 6.62. The van der Waals surface area contributed by atoms with E-state index in [0.29, 0.717) is 16.0 Å². The third-order valence-corrected chi connectivity index (χ3v) is 3.49. The van der Waals surface area contributed by atoms with Gasteiger partial charge in [-0.2, -0.15) is 0 Å². The van der Waals surface area contributed by atoms with Crippen molar-refractivity contribution >= 4 is 39.7 Å². The predicted molar refractivity (Wildman–Crippen MR) is 82.2 cm³/mol. The van der Waals surface area contributed by atoms with E-state index >= 15 is 0 Å². The molecule has 6 nitrogen and oxygen atoms in total. The number of nitrogen functional groups attached to an aromatic ring is 1. The second-order valence-corrected chi connectivity index (χ2v) is 5.05. The molecule has 0 aliphatic rings. The summed E-state index contributed by atoms with van der Waals surface area (Å²) in [4.78, 5) is 22.7. The van der Waals surface area contributed by atoms with Crippen molar-refractivity contribution in [1.82, 2.24) is 0 Å². The molecule has 0 unspecified atom stereocenters. The lowest BCUT2D eigenvalue weighted by Gasteiger charge is -1.99. The number of fused-ring (bicyclic) bond motifs is 1. The number of ketones is 1. The molecule has 0 radical (unpaired) electrons. The zero-order chi connectivity index (χ0) is 15.9. The van der Waals surface area contributed by atoms with E-state index in [-0.39, 0.29) is 22.7 Å². The van der Waals surface area contributed by atoms with E-state index in [0.717, 1.165) is 0 Å². The Morgan fingerprint density at radius 1 is 1.18 bits per heavy atom. The Morgan fingerprint density at radius 2 is 1.86 bits per heavy atom. The standard InChI is InChI=1S/C15H9ClN2O4/c16-9-3-1-8(2-4-9)14(19)15-13(17)11-6-5-10(18(20)21)7-12(11)22-15/h1-7H,17H2. The Bertz CT molecular complexity index is 900. The van der Waals surface area contributed by atoms with Gasteiger partial charge in [0, 0.05) is 22.0 Å². The van der Waals surface area contributed by atoms with Gasteiger partial charge in [0.15, 0.2) is 5.76 Å². The third kappa shape index (κ3) is 2.29. The van der Waals surface area contributed by atoms with Crippen molar-refractivity contribution in [1.29, 1.82) is 0 Å². The third-order valence-electron chi connectivity index (χ3n) is 3.24. The first-order chi connectivity index (χ1) is 10.5. The zero-order valence-corrected chi connectivity index (χ0v) is 11.8. The smallest absolute Gasteiger partial charge is 0.273 e. The fourth-order valence-corrected chi connectivity index (χ4v) is 2.25. The summed E-state index contributed by atoms with van der Waals surface area (Å²) in [6.07, 6.45) is 0. The zero-order valence-electron chi connectivity index (χ0n) is 11.1. The molecule has 3 rings (SSSR count). The van der Waals surface area contributed by atoms with Crippen molar-refractivity contribution in [3.8, 4) is 0 Å². The van der Waals surface area contributed by atoms with Crippen LogP contribution in [0.4, 0.5) is 11.4 Å². The van der Waals surface area contributed by atoms with Crippen LogP contribution in [0, 0.1) is 10.1 Å². The summed E-state index contributed by atoms with van der Waals surface area (Å²) in [5.74, 6) is -0.453. The molecule has 0 aliphatic heterocycles. The topological polar surface area (TPSA) is 99.4 Å². The molecule has 7 heteroatoms. The number of nitrogens with two attached hydrogens (primary N) is 1. The Labute approximate surface area is 129 Å². The van der Waals surface area contributed by atoms with E-state index in [1.54, 1.807) is 24.3 Å². The summed E-state index contributed by atoms with van der Waals surface area (Å²) in [6.45, 7) is 0. The van der Waals surface area contributed by atoms with Crippen LogP contribution in [0.2, 0.25) is 5.02 Å². The SMILES string of the molecule is Nc1c(C(=O)c2ccc(Cl)cc2)oc2cc([N+](=O)[O-])ccc12. The summed E-state index contributed by atoms with van der Waals surface area (Å²) in [6, 6.07) is 10.3. The molecule has 1 heterocycles. The first-order valence-electron chi connectivity index (χ1n) is 6.24. The van der Waals surface area contributed by atoms with Gasteiger partial charge in [-0.15, -0.1) is 0 Å². The molecule has 0 amide bonds. The highest BCUT2D eigenvalue weighted by atomic mass is 35.5. The minimum absolute atomic E-state index is 0.0437. The van der Waals surface area contributed by atoms with Gasteiger partial charge < -0.3 is 10.2 Å². The van der Waals surface area contributed by atoms with Gasteiger partial charge in [0.25, 0.3) is 5.69 Å². The van der Waals surface area contributed by atoms with Crippen LogP contribution in [0.25, 0.3) is 11.0 Å². The van der Waals surface area contributed by atoms with E-state index in [2.05, 4.69) is 0 Å². The van der Waals surface area contributed by atoms with Crippen LogP contribution in [0.5, 0.6) is 0 Å². The number of halogens is 1. The van der Waals surface area contributed by atoms with Crippen molar-refractivity contribution in [3.05, 3.63) is 68.9 Å². The first kappa shape index (κ1) is 14.1. The molecular formula is C15H9ClN2O4. The van der Waals surface area contributed by atoms with Gasteiger partial charge in [-0.1, -0.05) is 11.6 Å². The molecule has 0 spiro atoms. The number of rotatable bonds is 3. The minimum Gasteiger partial charge on any atom is -0.450 e. The fraction of sp³-hybridized carbons (Fsp3) is 0. The summed E-state index contributed by atoms with van der Waals surface area (Å²) < 4.78 is 5.42. The van der Waals surface area contributed by atoms with Gasteiger partial charge in [0.05, 0.1) is 16.7 Å². The summed E-state index contributed by atoms with van der Waals surface area (Å²) >= 11 is 5.78. The summed E-state index contributed by atoms with van der Waals surface area (Å²) in [5.41, 5.74) is 6.51. The monoisotopic (exact) mass is 316 g/mol. The van der Waals surface area contributed by atoms with Gasteiger partial charge in [-0.25, -0.2) is 0 Å². The van der Waals surface area contributed by atoms with Crippen molar-refractivity contribution in [3.63, 3.8) is 0 Å². The second kappa shape index (κ2) is 5.16. The van der Waals surface area contributed by atoms with Crippen molar-refractivity contribution in [2.24, 2.45) is 0 Å². The van der Waals surface area contributed by atoms with Crippen LogP contribution in [-0.4, -0.2) is 10.7 Å². The molecule has 0 saturated heterocycles. The molecular weight excluding hydrogens is 308 g/mol. The number of carbonyl (C=O) groups is 1. The Hall–Kier alpha value is -2.86. The number of furan rings is 1. The summed E-state index contributed by atoms with van der Waals surface area (Å²) in [7, 11) is 0. The minimum atomic E-state index is -0.543. The molecule has 2 N–H and O–H groups in total. The van der Waals surface area contributed by atoms with E-state index in [4.69, 9.17) is 21.8 Å². The lowest BCUT2D eigenvalue weighted by Crippen LogP contribution is -2.02. The maximum atomic E-state index is 12.4. The number of benzene rings is 2. The van der Waals surface area contributed by atoms with E-state index in [1.165, 1.54) is 18.2 Å². The molecule has 1 aromatic heterocycles. The molecule has 0 bridgehead atoms. The number of carbonyl (C=O) groups excluding carboxylic acids is 1.